The van der Waals surface area contributed by atoms with Crippen LogP contribution < -0.4 is 5.73 Å². The van der Waals surface area contributed by atoms with Crippen LogP contribution >= 0.6 is 0 Å². The Balaban J connectivity index is 1.86. The standard InChI is InChI=1S/C16H21N3O/c1-16(2,17)9-15(20)19-8-7-14-12(10-19)11-5-3-4-6-13(11)18-14/h3-6,18H,7-10,17H2,1-2H3. The number of fused-ring (bicyclic) bond motifs is 3. The van der Waals surface area contributed by atoms with Crippen molar-refractivity contribution < 1.29 is 4.79 Å². The van der Waals surface area contributed by atoms with E-state index in [4.69, 9.17) is 5.73 Å². The van der Waals surface area contributed by atoms with Crippen molar-refractivity contribution in [1.29, 1.82) is 0 Å². The van der Waals surface area contributed by atoms with Gasteiger partial charge in [0.05, 0.1) is 0 Å². The van der Waals surface area contributed by atoms with Gasteiger partial charge in [-0.15, -0.1) is 0 Å². The molecule has 2 aromatic rings. The molecule has 4 heteroatoms. The highest BCUT2D eigenvalue weighted by molar-refractivity contribution is 5.86. The lowest BCUT2D eigenvalue weighted by Gasteiger charge is -2.30. The van der Waals surface area contributed by atoms with Crippen molar-refractivity contribution in [3.63, 3.8) is 0 Å². The van der Waals surface area contributed by atoms with Crippen molar-refractivity contribution in [3.05, 3.63) is 35.5 Å². The number of nitrogens with one attached hydrogen (secondary N) is 1. The highest BCUT2D eigenvalue weighted by Crippen LogP contribution is 2.28. The molecule has 0 aliphatic carbocycles. The SMILES string of the molecule is CC(C)(N)CC(=O)N1CCc2[nH]c3ccccc3c2C1. The number of aromatic amines is 1. The van der Waals surface area contributed by atoms with Gasteiger partial charge in [-0.3, -0.25) is 4.79 Å². The van der Waals surface area contributed by atoms with Crippen LogP contribution in [0.1, 0.15) is 31.5 Å². The van der Waals surface area contributed by atoms with Gasteiger partial charge in [0.1, 0.15) is 0 Å². The zero-order valence-electron chi connectivity index (χ0n) is 12.1. The van der Waals surface area contributed by atoms with E-state index in [1.54, 1.807) is 0 Å². The molecule has 0 bridgehead atoms. The lowest BCUT2D eigenvalue weighted by atomic mass is 9.99. The molecule has 0 saturated heterocycles. The fraction of sp³-hybridized carbons (Fsp3) is 0.438. The highest BCUT2D eigenvalue weighted by atomic mass is 16.2. The van der Waals surface area contributed by atoms with E-state index in [-0.39, 0.29) is 5.91 Å². The lowest BCUT2D eigenvalue weighted by molar-refractivity contribution is -0.133. The summed E-state index contributed by atoms with van der Waals surface area (Å²) in [7, 11) is 0. The molecular weight excluding hydrogens is 250 g/mol. The number of para-hydroxylation sites is 1. The van der Waals surface area contributed by atoms with Gasteiger partial charge in [-0.05, 0) is 19.9 Å². The highest BCUT2D eigenvalue weighted by Gasteiger charge is 2.26. The molecular formula is C16H21N3O. The summed E-state index contributed by atoms with van der Waals surface area (Å²) in [6.07, 6.45) is 1.28. The van der Waals surface area contributed by atoms with Gasteiger partial charge >= 0.3 is 0 Å². The van der Waals surface area contributed by atoms with Gasteiger partial charge in [-0.25, -0.2) is 0 Å². The second-order valence-electron chi connectivity index (χ2n) is 6.36. The molecule has 3 N–H and O–H groups in total. The van der Waals surface area contributed by atoms with Gasteiger partial charge in [0.15, 0.2) is 0 Å². The van der Waals surface area contributed by atoms with Gasteiger partial charge < -0.3 is 15.6 Å². The van der Waals surface area contributed by atoms with Crippen molar-refractivity contribution in [2.75, 3.05) is 6.54 Å². The van der Waals surface area contributed by atoms with Crippen LogP contribution in [0, 0.1) is 0 Å². The summed E-state index contributed by atoms with van der Waals surface area (Å²) in [6, 6.07) is 8.28. The van der Waals surface area contributed by atoms with Crippen molar-refractivity contribution >= 4 is 16.8 Å². The van der Waals surface area contributed by atoms with E-state index >= 15 is 0 Å². The molecule has 3 rings (SSSR count). The summed E-state index contributed by atoms with van der Waals surface area (Å²) in [5, 5.41) is 1.23. The van der Waals surface area contributed by atoms with Crippen LogP contribution in [-0.2, 0) is 17.8 Å². The second kappa shape index (κ2) is 4.63. The fourth-order valence-corrected chi connectivity index (χ4v) is 2.88. The molecule has 0 saturated carbocycles. The number of nitrogens with two attached hydrogens (primary N) is 1. The Morgan fingerprint density at radius 2 is 2.15 bits per heavy atom. The number of nitrogens with zero attached hydrogens (tertiary/aromatic N) is 1. The molecule has 1 aromatic carbocycles. The number of carbonyl (C=O) groups excluding carboxylic acids is 1. The minimum atomic E-state index is -0.447. The average molecular weight is 271 g/mol. The molecule has 20 heavy (non-hydrogen) atoms. The molecule has 0 fully saturated rings. The quantitative estimate of drug-likeness (QED) is 0.879. The number of benzene rings is 1. The van der Waals surface area contributed by atoms with Crippen LogP contribution in [0.4, 0.5) is 0 Å². The van der Waals surface area contributed by atoms with E-state index in [2.05, 4.69) is 17.1 Å². The Hall–Kier alpha value is -1.81. The van der Waals surface area contributed by atoms with Crippen LogP contribution in [-0.4, -0.2) is 27.9 Å². The van der Waals surface area contributed by atoms with Crippen LogP contribution in [0.15, 0.2) is 24.3 Å². The van der Waals surface area contributed by atoms with Crippen molar-refractivity contribution in [2.24, 2.45) is 5.73 Å². The average Bonchev–Trinajstić information content (AvgIpc) is 2.74. The summed E-state index contributed by atoms with van der Waals surface area (Å²) in [5.74, 6) is 0.147. The molecule has 0 atom stereocenters. The molecule has 4 nitrogen and oxygen atoms in total. The lowest BCUT2D eigenvalue weighted by Crippen LogP contribution is -2.43. The third kappa shape index (κ3) is 2.43. The monoisotopic (exact) mass is 271 g/mol. The first-order valence-electron chi connectivity index (χ1n) is 7.09. The van der Waals surface area contributed by atoms with Crippen LogP contribution in [0.3, 0.4) is 0 Å². The predicted octanol–water partition coefficient (Wildman–Crippen LogP) is 2.18. The Labute approximate surface area is 118 Å². The summed E-state index contributed by atoms with van der Waals surface area (Å²) in [5.41, 5.74) is 9.19. The molecule has 1 aromatic heterocycles. The van der Waals surface area contributed by atoms with E-state index in [1.165, 1.54) is 16.6 Å². The number of hydrogen-bond acceptors (Lipinski definition) is 2. The smallest absolute Gasteiger partial charge is 0.224 e. The molecule has 2 heterocycles. The molecule has 0 unspecified atom stereocenters. The molecule has 1 aliphatic heterocycles. The Bertz CT molecular complexity index is 651. The van der Waals surface area contributed by atoms with Crippen LogP contribution in [0.25, 0.3) is 10.9 Å². The van der Waals surface area contributed by atoms with E-state index in [1.807, 2.05) is 30.9 Å². The summed E-state index contributed by atoms with van der Waals surface area (Å²) < 4.78 is 0. The maximum absolute atomic E-state index is 12.3. The largest absolute Gasteiger partial charge is 0.358 e. The zero-order valence-corrected chi connectivity index (χ0v) is 12.1. The Kier molecular flexibility index (Phi) is 3.05. The first-order valence-corrected chi connectivity index (χ1v) is 7.09. The van der Waals surface area contributed by atoms with E-state index in [9.17, 15) is 4.79 Å². The fourth-order valence-electron chi connectivity index (χ4n) is 2.88. The molecule has 106 valence electrons. The minimum absolute atomic E-state index is 0.147. The Morgan fingerprint density at radius 1 is 1.40 bits per heavy atom. The first kappa shape index (κ1) is 13.2. The maximum atomic E-state index is 12.3. The van der Waals surface area contributed by atoms with Gasteiger partial charge in [0.25, 0.3) is 0 Å². The maximum Gasteiger partial charge on any atom is 0.224 e. The molecule has 0 radical (unpaired) electrons. The summed E-state index contributed by atoms with van der Waals surface area (Å²) in [4.78, 5) is 17.7. The Morgan fingerprint density at radius 3 is 2.90 bits per heavy atom. The van der Waals surface area contributed by atoms with Gasteiger partial charge in [-0.2, -0.15) is 0 Å². The third-order valence-corrected chi connectivity index (χ3v) is 3.84. The van der Waals surface area contributed by atoms with Gasteiger partial charge in [-0.1, -0.05) is 18.2 Å². The molecule has 1 aliphatic rings. The van der Waals surface area contributed by atoms with E-state index in [0.29, 0.717) is 13.0 Å². The van der Waals surface area contributed by atoms with Crippen molar-refractivity contribution in [2.45, 2.75) is 38.8 Å². The zero-order chi connectivity index (χ0) is 14.3. The van der Waals surface area contributed by atoms with Crippen LogP contribution in [0.5, 0.6) is 0 Å². The first-order chi connectivity index (χ1) is 9.44. The number of rotatable bonds is 2. The second-order valence-corrected chi connectivity index (χ2v) is 6.36. The number of amides is 1. The normalized spacial score (nSPS) is 15.4. The van der Waals surface area contributed by atoms with Crippen LogP contribution in [0.2, 0.25) is 0 Å². The number of aromatic nitrogens is 1. The van der Waals surface area contributed by atoms with Gasteiger partial charge in [0, 0.05) is 53.6 Å². The number of hydrogen-bond donors (Lipinski definition) is 2. The third-order valence-electron chi connectivity index (χ3n) is 3.84. The molecule has 1 amide bonds. The number of H-pyrrole nitrogens is 1. The van der Waals surface area contributed by atoms with E-state index < -0.39 is 5.54 Å². The van der Waals surface area contributed by atoms with Crippen molar-refractivity contribution in [3.8, 4) is 0 Å². The van der Waals surface area contributed by atoms with Crippen molar-refractivity contribution in [1.82, 2.24) is 9.88 Å². The summed E-state index contributed by atoms with van der Waals surface area (Å²) >= 11 is 0. The molecule has 0 spiro atoms. The topological polar surface area (TPSA) is 62.1 Å². The predicted molar refractivity (Wildman–Crippen MR) is 80.3 cm³/mol. The van der Waals surface area contributed by atoms with E-state index in [0.717, 1.165) is 18.5 Å². The van der Waals surface area contributed by atoms with Gasteiger partial charge in [0.2, 0.25) is 5.91 Å². The summed E-state index contributed by atoms with van der Waals surface area (Å²) in [6.45, 7) is 5.25. The number of carbonyl (C=O) groups is 1. The minimum Gasteiger partial charge on any atom is -0.358 e.